The maximum atomic E-state index is 5.78. The van der Waals surface area contributed by atoms with Crippen molar-refractivity contribution in [3.05, 3.63) is 16.2 Å². The summed E-state index contributed by atoms with van der Waals surface area (Å²) in [7, 11) is 1.67. The van der Waals surface area contributed by atoms with Gasteiger partial charge in [0, 0.05) is 20.3 Å². The number of pyridine rings is 1. The van der Waals surface area contributed by atoms with Crippen molar-refractivity contribution in [1.82, 2.24) is 4.98 Å². The van der Waals surface area contributed by atoms with Gasteiger partial charge in [0.05, 0.1) is 29.6 Å². The van der Waals surface area contributed by atoms with E-state index in [1.807, 2.05) is 6.92 Å². The fourth-order valence-corrected chi connectivity index (χ4v) is 1.97. The average molecular weight is 332 g/mol. The summed E-state index contributed by atoms with van der Waals surface area (Å²) in [6.45, 7) is 4.91. The first kappa shape index (κ1) is 16.2. The van der Waals surface area contributed by atoms with Crippen LogP contribution in [-0.4, -0.2) is 38.5 Å². The predicted octanol–water partition coefficient (Wildman–Crippen LogP) is 2.59. The van der Waals surface area contributed by atoms with Gasteiger partial charge in [-0.3, -0.25) is 0 Å². The molecule has 1 rings (SSSR count). The van der Waals surface area contributed by atoms with E-state index in [-0.39, 0.29) is 0 Å². The lowest BCUT2D eigenvalue weighted by Crippen LogP contribution is -2.08. The maximum Gasteiger partial charge on any atom is 0.140 e. The lowest BCUT2D eigenvalue weighted by Gasteiger charge is -2.10. The normalized spacial score (nSPS) is 10.7. The monoisotopic (exact) mass is 331 g/mol. The summed E-state index contributed by atoms with van der Waals surface area (Å²) in [5, 5.41) is 3.29. The Morgan fingerprint density at radius 1 is 1.32 bits per heavy atom. The Hall–Kier alpha value is -0.850. The highest BCUT2D eigenvalue weighted by molar-refractivity contribution is 9.10. The van der Waals surface area contributed by atoms with Crippen molar-refractivity contribution in [2.24, 2.45) is 0 Å². The number of nitrogens with zero attached hydrogens (tertiary/aromatic N) is 1. The highest BCUT2D eigenvalue weighted by atomic mass is 79.9. The van der Waals surface area contributed by atoms with Crippen LogP contribution in [0.15, 0.2) is 10.7 Å². The van der Waals surface area contributed by atoms with Crippen LogP contribution in [0.4, 0.5) is 11.5 Å². The number of nitrogens with two attached hydrogens (primary N) is 1. The number of halogens is 1. The number of nitrogens with one attached hydrogen (secondary N) is 1. The van der Waals surface area contributed by atoms with Crippen LogP contribution in [0.25, 0.3) is 0 Å². The number of anilines is 2. The molecule has 0 bridgehead atoms. The van der Waals surface area contributed by atoms with Crippen LogP contribution in [-0.2, 0) is 9.47 Å². The minimum absolute atomic E-state index is 0.653. The van der Waals surface area contributed by atoms with Gasteiger partial charge >= 0.3 is 0 Å². The predicted molar refractivity (Wildman–Crippen MR) is 81.5 cm³/mol. The van der Waals surface area contributed by atoms with Crippen LogP contribution >= 0.6 is 15.9 Å². The van der Waals surface area contributed by atoms with Crippen molar-refractivity contribution in [2.75, 3.05) is 44.5 Å². The molecule has 1 aromatic heterocycles. The standard InChI is InChI=1S/C13H22BrN3O2/c1-10-11(15)9-17-13(12(10)14)16-5-3-4-6-19-8-7-18-2/h9H,3-8,15H2,1-2H3,(H,16,17). The molecule has 0 unspecified atom stereocenters. The van der Waals surface area contributed by atoms with Gasteiger partial charge in [0.1, 0.15) is 5.82 Å². The molecule has 1 aromatic rings. The molecule has 19 heavy (non-hydrogen) atoms. The topological polar surface area (TPSA) is 69.4 Å². The molecule has 0 fully saturated rings. The van der Waals surface area contributed by atoms with Crippen LogP contribution in [0.1, 0.15) is 18.4 Å². The summed E-state index contributed by atoms with van der Waals surface area (Å²) in [5.74, 6) is 0.840. The lowest BCUT2D eigenvalue weighted by molar-refractivity contribution is 0.0691. The third-order valence-electron chi connectivity index (χ3n) is 2.74. The Morgan fingerprint density at radius 2 is 2.11 bits per heavy atom. The van der Waals surface area contributed by atoms with Gasteiger partial charge in [0.25, 0.3) is 0 Å². The fourth-order valence-electron chi connectivity index (χ4n) is 1.50. The second kappa shape index (κ2) is 9.12. The summed E-state index contributed by atoms with van der Waals surface area (Å²) < 4.78 is 11.2. The van der Waals surface area contributed by atoms with Crippen LogP contribution in [0.2, 0.25) is 0 Å². The molecule has 5 nitrogen and oxygen atoms in total. The molecule has 0 atom stereocenters. The van der Waals surface area contributed by atoms with Gasteiger partial charge in [-0.25, -0.2) is 4.98 Å². The zero-order chi connectivity index (χ0) is 14.1. The number of unbranched alkanes of at least 4 members (excludes halogenated alkanes) is 1. The van der Waals surface area contributed by atoms with Crippen molar-refractivity contribution in [3.8, 4) is 0 Å². The Bertz CT molecular complexity index is 388. The Morgan fingerprint density at radius 3 is 2.84 bits per heavy atom. The van der Waals surface area contributed by atoms with Crippen molar-refractivity contribution < 1.29 is 9.47 Å². The first-order chi connectivity index (χ1) is 9.16. The van der Waals surface area contributed by atoms with Gasteiger partial charge in [-0.2, -0.15) is 0 Å². The molecule has 0 aliphatic rings. The van der Waals surface area contributed by atoms with Crippen LogP contribution < -0.4 is 11.1 Å². The average Bonchev–Trinajstić information content (AvgIpc) is 2.41. The SMILES string of the molecule is COCCOCCCCNc1ncc(N)c(C)c1Br. The number of methoxy groups -OCH3 is 1. The first-order valence-electron chi connectivity index (χ1n) is 6.38. The number of hydrogen-bond donors (Lipinski definition) is 2. The molecular weight excluding hydrogens is 310 g/mol. The molecule has 0 aromatic carbocycles. The van der Waals surface area contributed by atoms with Crippen molar-refractivity contribution in [1.29, 1.82) is 0 Å². The molecular formula is C13H22BrN3O2. The van der Waals surface area contributed by atoms with E-state index in [2.05, 4.69) is 26.2 Å². The van der Waals surface area contributed by atoms with E-state index in [4.69, 9.17) is 15.2 Å². The molecule has 6 heteroatoms. The Balaban J connectivity index is 2.18. The summed E-state index contributed by atoms with van der Waals surface area (Å²) in [5.41, 5.74) is 7.49. The van der Waals surface area contributed by atoms with E-state index >= 15 is 0 Å². The molecule has 0 saturated carbocycles. The Labute approximate surface area is 123 Å². The molecule has 1 heterocycles. The van der Waals surface area contributed by atoms with Crippen LogP contribution in [0.3, 0.4) is 0 Å². The molecule has 0 amide bonds. The quantitative estimate of drug-likeness (QED) is 0.680. The van der Waals surface area contributed by atoms with E-state index in [0.717, 1.165) is 41.8 Å². The van der Waals surface area contributed by atoms with E-state index in [9.17, 15) is 0 Å². The van der Waals surface area contributed by atoms with E-state index < -0.39 is 0 Å². The molecule has 0 saturated heterocycles. The van der Waals surface area contributed by atoms with Crippen molar-refractivity contribution >= 4 is 27.4 Å². The molecule has 0 aliphatic heterocycles. The van der Waals surface area contributed by atoms with Gasteiger partial charge < -0.3 is 20.5 Å². The van der Waals surface area contributed by atoms with Gasteiger partial charge in [-0.15, -0.1) is 0 Å². The maximum absolute atomic E-state index is 5.78. The van der Waals surface area contributed by atoms with Gasteiger partial charge in [0.2, 0.25) is 0 Å². The second-order valence-corrected chi connectivity index (χ2v) is 5.03. The van der Waals surface area contributed by atoms with E-state index in [1.54, 1.807) is 13.3 Å². The zero-order valence-corrected chi connectivity index (χ0v) is 13.1. The summed E-state index contributed by atoms with van der Waals surface area (Å²) in [6.07, 6.45) is 3.73. The highest BCUT2D eigenvalue weighted by Gasteiger charge is 2.06. The molecule has 0 aliphatic carbocycles. The van der Waals surface area contributed by atoms with Gasteiger partial charge in [0.15, 0.2) is 0 Å². The number of ether oxygens (including phenoxy) is 2. The number of rotatable bonds is 9. The molecule has 0 radical (unpaired) electrons. The second-order valence-electron chi connectivity index (χ2n) is 4.24. The number of nitrogen functional groups attached to an aromatic ring is 1. The molecule has 108 valence electrons. The minimum Gasteiger partial charge on any atom is -0.397 e. The summed E-state index contributed by atoms with van der Waals surface area (Å²) >= 11 is 3.50. The van der Waals surface area contributed by atoms with Crippen LogP contribution in [0, 0.1) is 6.92 Å². The van der Waals surface area contributed by atoms with Crippen molar-refractivity contribution in [2.45, 2.75) is 19.8 Å². The summed E-state index contributed by atoms with van der Waals surface area (Å²) in [4.78, 5) is 4.27. The lowest BCUT2D eigenvalue weighted by atomic mass is 10.2. The van der Waals surface area contributed by atoms with Gasteiger partial charge in [-0.1, -0.05) is 0 Å². The third kappa shape index (κ3) is 5.76. The van der Waals surface area contributed by atoms with E-state index in [1.165, 1.54) is 0 Å². The van der Waals surface area contributed by atoms with E-state index in [0.29, 0.717) is 18.9 Å². The first-order valence-corrected chi connectivity index (χ1v) is 7.17. The fraction of sp³-hybridized carbons (Fsp3) is 0.615. The van der Waals surface area contributed by atoms with Crippen molar-refractivity contribution in [3.63, 3.8) is 0 Å². The van der Waals surface area contributed by atoms with Gasteiger partial charge in [-0.05, 0) is 41.3 Å². The third-order valence-corrected chi connectivity index (χ3v) is 3.71. The smallest absolute Gasteiger partial charge is 0.140 e. The zero-order valence-electron chi connectivity index (χ0n) is 11.5. The Kier molecular flexibility index (Phi) is 7.78. The number of aromatic nitrogens is 1. The van der Waals surface area contributed by atoms with Crippen LogP contribution in [0.5, 0.6) is 0 Å². The highest BCUT2D eigenvalue weighted by Crippen LogP contribution is 2.27. The number of hydrogen-bond acceptors (Lipinski definition) is 5. The minimum atomic E-state index is 0.653. The summed E-state index contributed by atoms with van der Waals surface area (Å²) in [6, 6.07) is 0. The molecule has 3 N–H and O–H groups in total. The molecule has 0 spiro atoms. The largest absolute Gasteiger partial charge is 0.397 e.